The minimum Gasteiger partial charge on any atom is -0.372 e. The first kappa shape index (κ1) is 18.7. The Morgan fingerprint density at radius 1 is 1.40 bits per heavy atom. The lowest BCUT2D eigenvalue weighted by Crippen LogP contribution is -2.35. The SMILES string of the molecule is CCCC(N)C(=O)Nc1cccc(N(C)C(C)C)c1.Cl. The first-order chi connectivity index (χ1) is 8.95. The van der Waals surface area contributed by atoms with Crippen LogP contribution >= 0.6 is 12.4 Å². The zero-order chi connectivity index (χ0) is 14.4. The molecule has 20 heavy (non-hydrogen) atoms. The molecule has 0 aromatic heterocycles. The topological polar surface area (TPSA) is 58.4 Å². The lowest BCUT2D eigenvalue weighted by atomic mass is 10.1. The molecule has 1 aromatic rings. The number of carbonyl (C=O) groups excluding carboxylic acids is 1. The molecule has 0 radical (unpaired) electrons. The maximum atomic E-state index is 11.9. The summed E-state index contributed by atoms with van der Waals surface area (Å²) in [6, 6.07) is 7.80. The number of hydrogen-bond donors (Lipinski definition) is 2. The predicted molar refractivity (Wildman–Crippen MR) is 88.7 cm³/mol. The van der Waals surface area contributed by atoms with Crippen LogP contribution in [0.4, 0.5) is 11.4 Å². The normalized spacial score (nSPS) is 11.7. The number of rotatable bonds is 6. The Morgan fingerprint density at radius 2 is 2.05 bits per heavy atom. The van der Waals surface area contributed by atoms with Crippen molar-refractivity contribution >= 4 is 29.7 Å². The smallest absolute Gasteiger partial charge is 0.241 e. The van der Waals surface area contributed by atoms with E-state index in [-0.39, 0.29) is 18.3 Å². The molecule has 0 aliphatic carbocycles. The second-order valence-corrected chi connectivity index (χ2v) is 5.14. The highest BCUT2D eigenvalue weighted by Crippen LogP contribution is 2.20. The highest BCUT2D eigenvalue weighted by Gasteiger charge is 2.13. The Bertz CT molecular complexity index is 423. The fourth-order valence-corrected chi connectivity index (χ4v) is 1.78. The maximum Gasteiger partial charge on any atom is 0.241 e. The van der Waals surface area contributed by atoms with Crippen LogP contribution in [-0.2, 0) is 4.79 Å². The van der Waals surface area contributed by atoms with Gasteiger partial charge in [0, 0.05) is 24.5 Å². The molecular formula is C15H26ClN3O. The Kier molecular flexibility index (Phi) is 8.26. The van der Waals surface area contributed by atoms with Gasteiger partial charge in [-0.1, -0.05) is 19.4 Å². The summed E-state index contributed by atoms with van der Waals surface area (Å²) in [6.07, 6.45) is 1.61. The highest BCUT2D eigenvalue weighted by atomic mass is 35.5. The molecule has 1 atom stereocenters. The third-order valence-corrected chi connectivity index (χ3v) is 3.23. The first-order valence-corrected chi connectivity index (χ1v) is 6.85. The molecular weight excluding hydrogens is 274 g/mol. The molecule has 0 spiro atoms. The standard InChI is InChI=1S/C15H25N3O.ClH/c1-5-7-14(16)15(19)17-12-8-6-9-13(10-12)18(4)11(2)3;/h6,8-11,14H,5,7,16H2,1-4H3,(H,17,19);1H. The lowest BCUT2D eigenvalue weighted by molar-refractivity contribution is -0.117. The van der Waals surface area contributed by atoms with Crippen LogP contribution in [0.5, 0.6) is 0 Å². The van der Waals surface area contributed by atoms with Crippen LogP contribution in [0.15, 0.2) is 24.3 Å². The Labute approximate surface area is 128 Å². The van der Waals surface area contributed by atoms with Gasteiger partial charge in [0.25, 0.3) is 0 Å². The number of anilines is 2. The van der Waals surface area contributed by atoms with Gasteiger partial charge in [-0.3, -0.25) is 4.79 Å². The molecule has 3 N–H and O–H groups in total. The second kappa shape index (κ2) is 8.82. The van der Waals surface area contributed by atoms with Crippen LogP contribution in [0.25, 0.3) is 0 Å². The number of nitrogens with one attached hydrogen (secondary N) is 1. The number of amides is 1. The van der Waals surface area contributed by atoms with Crippen LogP contribution in [0.1, 0.15) is 33.6 Å². The molecule has 114 valence electrons. The van der Waals surface area contributed by atoms with Crippen molar-refractivity contribution in [3.8, 4) is 0 Å². The number of nitrogens with two attached hydrogens (primary N) is 1. The molecule has 0 heterocycles. The minimum atomic E-state index is -0.434. The van der Waals surface area contributed by atoms with Crippen LogP contribution in [0.2, 0.25) is 0 Å². The Balaban J connectivity index is 0.00000361. The molecule has 0 bridgehead atoms. The van der Waals surface area contributed by atoms with Crippen molar-refractivity contribution in [2.24, 2.45) is 5.73 Å². The fraction of sp³-hybridized carbons (Fsp3) is 0.533. The van der Waals surface area contributed by atoms with Gasteiger partial charge in [0.15, 0.2) is 0 Å². The molecule has 1 rings (SSSR count). The Morgan fingerprint density at radius 3 is 2.60 bits per heavy atom. The van der Waals surface area contributed by atoms with Crippen molar-refractivity contribution in [2.75, 3.05) is 17.3 Å². The molecule has 1 aromatic carbocycles. The molecule has 1 unspecified atom stereocenters. The van der Waals surface area contributed by atoms with Gasteiger partial charge in [-0.2, -0.15) is 0 Å². The molecule has 0 aliphatic rings. The van der Waals surface area contributed by atoms with E-state index in [0.29, 0.717) is 12.5 Å². The predicted octanol–water partition coefficient (Wildman–Crippen LogP) is 3.02. The monoisotopic (exact) mass is 299 g/mol. The fourth-order valence-electron chi connectivity index (χ4n) is 1.78. The highest BCUT2D eigenvalue weighted by molar-refractivity contribution is 5.95. The van der Waals surface area contributed by atoms with E-state index in [2.05, 4.69) is 24.1 Å². The van der Waals surface area contributed by atoms with Crippen LogP contribution < -0.4 is 16.0 Å². The van der Waals surface area contributed by atoms with Gasteiger partial charge in [-0.15, -0.1) is 12.4 Å². The van der Waals surface area contributed by atoms with Crippen LogP contribution in [0.3, 0.4) is 0 Å². The quantitative estimate of drug-likeness (QED) is 0.849. The summed E-state index contributed by atoms with van der Waals surface area (Å²) in [7, 11) is 2.04. The van der Waals surface area contributed by atoms with Gasteiger partial charge in [0.1, 0.15) is 0 Å². The molecule has 0 fully saturated rings. The third kappa shape index (κ3) is 5.39. The lowest BCUT2D eigenvalue weighted by Gasteiger charge is -2.24. The molecule has 0 aliphatic heterocycles. The largest absolute Gasteiger partial charge is 0.372 e. The van der Waals surface area contributed by atoms with Crippen molar-refractivity contribution in [3.63, 3.8) is 0 Å². The van der Waals surface area contributed by atoms with Crippen molar-refractivity contribution < 1.29 is 4.79 Å². The molecule has 1 amide bonds. The summed E-state index contributed by atoms with van der Waals surface area (Å²) in [5.74, 6) is -0.119. The van der Waals surface area contributed by atoms with E-state index in [1.54, 1.807) is 0 Å². The van der Waals surface area contributed by atoms with Crippen molar-refractivity contribution in [2.45, 2.75) is 45.7 Å². The van der Waals surface area contributed by atoms with Crippen molar-refractivity contribution in [1.29, 1.82) is 0 Å². The zero-order valence-electron chi connectivity index (χ0n) is 12.7. The Hall–Kier alpha value is -1.26. The van der Waals surface area contributed by atoms with Crippen LogP contribution in [-0.4, -0.2) is 25.0 Å². The van der Waals surface area contributed by atoms with Gasteiger partial charge in [-0.25, -0.2) is 0 Å². The molecule has 5 heteroatoms. The van der Waals surface area contributed by atoms with E-state index in [1.807, 2.05) is 38.2 Å². The number of nitrogens with zero attached hydrogens (tertiary/aromatic N) is 1. The van der Waals surface area contributed by atoms with Gasteiger partial charge < -0.3 is 16.0 Å². The van der Waals surface area contributed by atoms with E-state index in [1.165, 1.54) is 0 Å². The molecule has 0 saturated carbocycles. The van der Waals surface area contributed by atoms with E-state index >= 15 is 0 Å². The third-order valence-electron chi connectivity index (χ3n) is 3.23. The van der Waals surface area contributed by atoms with Gasteiger partial charge in [0.2, 0.25) is 5.91 Å². The molecule has 4 nitrogen and oxygen atoms in total. The van der Waals surface area contributed by atoms with Gasteiger partial charge in [0.05, 0.1) is 6.04 Å². The van der Waals surface area contributed by atoms with Gasteiger partial charge in [-0.05, 0) is 38.5 Å². The number of benzene rings is 1. The van der Waals surface area contributed by atoms with E-state index in [0.717, 1.165) is 17.8 Å². The number of halogens is 1. The van der Waals surface area contributed by atoms with E-state index < -0.39 is 6.04 Å². The van der Waals surface area contributed by atoms with Crippen molar-refractivity contribution in [1.82, 2.24) is 0 Å². The van der Waals surface area contributed by atoms with Gasteiger partial charge >= 0.3 is 0 Å². The minimum absolute atomic E-state index is 0. The summed E-state index contributed by atoms with van der Waals surface area (Å²) in [5, 5.41) is 2.87. The van der Waals surface area contributed by atoms with E-state index in [9.17, 15) is 4.79 Å². The number of hydrogen-bond acceptors (Lipinski definition) is 3. The summed E-state index contributed by atoms with van der Waals surface area (Å²) >= 11 is 0. The first-order valence-electron chi connectivity index (χ1n) is 6.85. The second-order valence-electron chi connectivity index (χ2n) is 5.14. The zero-order valence-corrected chi connectivity index (χ0v) is 13.5. The molecule has 0 saturated heterocycles. The van der Waals surface area contributed by atoms with Crippen LogP contribution in [0, 0.1) is 0 Å². The number of carbonyl (C=O) groups is 1. The summed E-state index contributed by atoms with van der Waals surface area (Å²) in [4.78, 5) is 14.0. The van der Waals surface area contributed by atoms with Crippen molar-refractivity contribution in [3.05, 3.63) is 24.3 Å². The van der Waals surface area contributed by atoms with E-state index in [4.69, 9.17) is 5.73 Å². The maximum absolute atomic E-state index is 11.9. The summed E-state index contributed by atoms with van der Waals surface area (Å²) in [5.41, 5.74) is 7.67. The average Bonchev–Trinajstić information content (AvgIpc) is 2.38. The summed E-state index contributed by atoms with van der Waals surface area (Å²) in [6.45, 7) is 6.27. The summed E-state index contributed by atoms with van der Waals surface area (Å²) < 4.78 is 0. The average molecular weight is 300 g/mol.